The zero-order valence-corrected chi connectivity index (χ0v) is 13.2. The first-order chi connectivity index (χ1) is 11.2. The summed E-state index contributed by atoms with van der Waals surface area (Å²) in [5.74, 6) is 0.116. The molecule has 0 saturated heterocycles. The van der Waals surface area contributed by atoms with Crippen molar-refractivity contribution in [3.63, 3.8) is 0 Å². The second-order valence-electron chi connectivity index (χ2n) is 4.86. The number of rotatable bonds is 4. The van der Waals surface area contributed by atoms with Crippen LogP contribution in [0.15, 0.2) is 42.6 Å². The molecule has 0 atom stereocenters. The number of ether oxygens (including phenoxy) is 1. The fourth-order valence-electron chi connectivity index (χ4n) is 2.21. The fourth-order valence-corrected chi connectivity index (χ4v) is 2.38. The third-order valence-corrected chi connectivity index (χ3v) is 3.45. The van der Waals surface area contributed by atoms with Crippen LogP contribution in [0, 0.1) is 0 Å². The summed E-state index contributed by atoms with van der Waals surface area (Å²) in [4.78, 5) is 8.31. The molecule has 2 aromatic heterocycles. The van der Waals surface area contributed by atoms with Crippen molar-refractivity contribution in [2.75, 3.05) is 12.8 Å². The third-order valence-electron chi connectivity index (χ3n) is 3.24. The van der Waals surface area contributed by atoms with Gasteiger partial charge in [0.1, 0.15) is 16.5 Å². The van der Waals surface area contributed by atoms with Crippen LogP contribution < -0.4 is 5.73 Å². The maximum atomic E-state index is 5.96. The van der Waals surface area contributed by atoms with Crippen molar-refractivity contribution in [2.24, 2.45) is 0 Å². The molecule has 0 fully saturated rings. The smallest absolute Gasteiger partial charge is 0.240 e. The van der Waals surface area contributed by atoms with Crippen molar-refractivity contribution in [1.29, 1.82) is 0 Å². The number of nitrogen functional groups attached to an aromatic ring is 1. The molecular formula is C16H14ClN5O. The van der Waals surface area contributed by atoms with Crippen LogP contribution in [0.4, 0.5) is 5.95 Å². The molecule has 3 aromatic rings. The Balaban J connectivity index is 2.09. The Morgan fingerprint density at radius 2 is 1.83 bits per heavy atom. The molecule has 2 heterocycles. The van der Waals surface area contributed by atoms with Crippen LogP contribution in [0.2, 0.25) is 5.15 Å². The van der Waals surface area contributed by atoms with E-state index in [-0.39, 0.29) is 5.95 Å². The number of benzene rings is 1. The van der Waals surface area contributed by atoms with E-state index in [4.69, 9.17) is 22.1 Å². The molecule has 6 nitrogen and oxygen atoms in total. The summed E-state index contributed by atoms with van der Waals surface area (Å²) in [5.41, 5.74) is 9.68. The largest absolute Gasteiger partial charge is 0.380 e. The first-order valence-electron chi connectivity index (χ1n) is 6.88. The highest BCUT2D eigenvalue weighted by Crippen LogP contribution is 2.29. The van der Waals surface area contributed by atoms with E-state index in [9.17, 15) is 0 Å². The molecule has 0 saturated carbocycles. The zero-order chi connectivity index (χ0) is 16.2. The maximum Gasteiger partial charge on any atom is 0.240 e. The number of halogens is 1. The minimum Gasteiger partial charge on any atom is -0.380 e. The number of pyridine rings is 1. The summed E-state index contributed by atoms with van der Waals surface area (Å²) in [5, 5.41) is 8.40. The Morgan fingerprint density at radius 3 is 2.52 bits per heavy atom. The number of methoxy groups -OCH3 is 1. The molecule has 0 radical (unpaired) electrons. The highest BCUT2D eigenvalue weighted by atomic mass is 35.5. The van der Waals surface area contributed by atoms with Crippen molar-refractivity contribution < 1.29 is 4.74 Å². The molecule has 0 aliphatic carbocycles. The molecule has 0 unspecified atom stereocenters. The van der Waals surface area contributed by atoms with E-state index in [1.807, 2.05) is 24.3 Å². The molecule has 3 rings (SSSR count). The third kappa shape index (κ3) is 3.44. The molecular weight excluding hydrogens is 314 g/mol. The summed E-state index contributed by atoms with van der Waals surface area (Å²) in [6.07, 6.45) is 1.61. The predicted molar refractivity (Wildman–Crippen MR) is 88.6 cm³/mol. The summed E-state index contributed by atoms with van der Waals surface area (Å²) in [6, 6.07) is 11.4. The van der Waals surface area contributed by atoms with E-state index in [2.05, 4.69) is 20.2 Å². The molecule has 0 spiro atoms. The quantitative estimate of drug-likeness (QED) is 0.741. The SMILES string of the molecule is COCc1ccc(-c2nc(N)nnc2-c2ccnc(Cl)c2)cc1. The Hall–Kier alpha value is -2.57. The van der Waals surface area contributed by atoms with Crippen LogP contribution in [0.5, 0.6) is 0 Å². The van der Waals surface area contributed by atoms with Gasteiger partial charge in [0.15, 0.2) is 0 Å². The van der Waals surface area contributed by atoms with E-state index < -0.39 is 0 Å². The second-order valence-corrected chi connectivity index (χ2v) is 5.25. The average Bonchev–Trinajstić information content (AvgIpc) is 2.56. The topological polar surface area (TPSA) is 86.8 Å². The lowest BCUT2D eigenvalue weighted by Gasteiger charge is -2.09. The number of hydrogen-bond donors (Lipinski definition) is 1. The van der Waals surface area contributed by atoms with Gasteiger partial charge >= 0.3 is 0 Å². The van der Waals surface area contributed by atoms with Gasteiger partial charge in [-0.25, -0.2) is 9.97 Å². The minimum absolute atomic E-state index is 0.116. The van der Waals surface area contributed by atoms with Gasteiger partial charge in [-0.3, -0.25) is 0 Å². The highest BCUT2D eigenvalue weighted by molar-refractivity contribution is 6.29. The van der Waals surface area contributed by atoms with Gasteiger partial charge in [0.25, 0.3) is 0 Å². The van der Waals surface area contributed by atoms with Gasteiger partial charge in [-0.05, 0) is 17.7 Å². The standard InChI is InChI=1S/C16H14ClN5O/c1-23-9-10-2-4-11(5-3-10)14-15(21-22-16(18)20-14)12-6-7-19-13(17)8-12/h2-8H,9H2,1H3,(H2,18,20,22). The summed E-state index contributed by atoms with van der Waals surface area (Å²) >= 11 is 5.96. The Bertz CT molecular complexity index is 823. The van der Waals surface area contributed by atoms with E-state index in [1.54, 1.807) is 25.4 Å². The Morgan fingerprint density at radius 1 is 1.04 bits per heavy atom. The summed E-state index contributed by atoms with van der Waals surface area (Å²) in [7, 11) is 1.66. The Kier molecular flexibility index (Phi) is 4.45. The molecule has 116 valence electrons. The Labute approximate surface area is 138 Å². The van der Waals surface area contributed by atoms with Crippen LogP contribution >= 0.6 is 11.6 Å². The molecule has 0 aliphatic rings. The highest BCUT2D eigenvalue weighted by Gasteiger charge is 2.13. The van der Waals surface area contributed by atoms with Crippen molar-refractivity contribution in [2.45, 2.75) is 6.61 Å². The van der Waals surface area contributed by atoms with Crippen molar-refractivity contribution in [3.8, 4) is 22.5 Å². The number of anilines is 1. The van der Waals surface area contributed by atoms with E-state index >= 15 is 0 Å². The molecule has 0 aliphatic heterocycles. The average molecular weight is 328 g/mol. The van der Waals surface area contributed by atoms with Gasteiger partial charge in [-0.15, -0.1) is 10.2 Å². The monoisotopic (exact) mass is 327 g/mol. The van der Waals surface area contributed by atoms with E-state index in [0.29, 0.717) is 23.1 Å². The lowest BCUT2D eigenvalue weighted by atomic mass is 10.0. The maximum absolute atomic E-state index is 5.96. The first-order valence-corrected chi connectivity index (χ1v) is 7.25. The molecule has 7 heteroatoms. The van der Waals surface area contributed by atoms with Gasteiger partial charge in [0, 0.05) is 24.4 Å². The van der Waals surface area contributed by atoms with Crippen LogP contribution in [0.1, 0.15) is 5.56 Å². The second kappa shape index (κ2) is 6.68. The van der Waals surface area contributed by atoms with Gasteiger partial charge < -0.3 is 10.5 Å². The van der Waals surface area contributed by atoms with E-state index in [0.717, 1.165) is 16.7 Å². The lowest BCUT2D eigenvalue weighted by Crippen LogP contribution is -2.02. The molecule has 1 aromatic carbocycles. The minimum atomic E-state index is 0.116. The lowest BCUT2D eigenvalue weighted by molar-refractivity contribution is 0.185. The van der Waals surface area contributed by atoms with Crippen molar-refractivity contribution in [3.05, 3.63) is 53.3 Å². The molecule has 0 amide bonds. The number of nitrogens with zero attached hydrogens (tertiary/aromatic N) is 4. The number of hydrogen-bond acceptors (Lipinski definition) is 6. The summed E-state index contributed by atoms with van der Waals surface area (Å²) in [6.45, 7) is 0.553. The molecule has 2 N–H and O–H groups in total. The van der Waals surface area contributed by atoms with Crippen LogP contribution in [0.25, 0.3) is 22.5 Å². The molecule has 23 heavy (non-hydrogen) atoms. The van der Waals surface area contributed by atoms with Crippen molar-refractivity contribution in [1.82, 2.24) is 20.2 Å². The van der Waals surface area contributed by atoms with E-state index in [1.165, 1.54) is 0 Å². The van der Waals surface area contributed by atoms with Gasteiger partial charge in [0.2, 0.25) is 5.95 Å². The molecule has 0 bridgehead atoms. The predicted octanol–water partition coefficient (Wildman–Crippen LogP) is 2.98. The first kappa shape index (κ1) is 15.3. The fraction of sp³-hybridized carbons (Fsp3) is 0.125. The summed E-state index contributed by atoms with van der Waals surface area (Å²) < 4.78 is 5.12. The van der Waals surface area contributed by atoms with Crippen LogP contribution in [0.3, 0.4) is 0 Å². The van der Waals surface area contributed by atoms with Crippen LogP contribution in [-0.4, -0.2) is 27.3 Å². The van der Waals surface area contributed by atoms with Crippen LogP contribution in [-0.2, 0) is 11.3 Å². The number of aromatic nitrogens is 4. The van der Waals surface area contributed by atoms with Gasteiger partial charge in [0.05, 0.1) is 6.61 Å². The number of nitrogens with two attached hydrogens (primary N) is 1. The van der Waals surface area contributed by atoms with Gasteiger partial charge in [-0.2, -0.15) is 0 Å². The van der Waals surface area contributed by atoms with Crippen molar-refractivity contribution >= 4 is 17.5 Å². The normalized spacial score (nSPS) is 10.7. The van der Waals surface area contributed by atoms with Gasteiger partial charge in [-0.1, -0.05) is 35.9 Å². The zero-order valence-electron chi connectivity index (χ0n) is 12.4.